The fourth-order valence-corrected chi connectivity index (χ4v) is 3.03. The molecule has 2 rings (SSSR count). The second-order valence-electron chi connectivity index (χ2n) is 5.88. The minimum Gasteiger partial charge on any atom is -0.385 e. The quantitative estimate of drug-likeness (QED) is 0.818. The molecule has 0 aliphatic heterocycles. The van der Waals surface area contributed by atoms with Crippen LogP contribution in [0, 0.1) is 5.41 Å². The molecule has 1 aromatic rings. The Kier molecular flexibility index (Phi) is 3.78. The lowest BCUT2D eigenvalue weighted by Crippen LogP contribution is -2.39. The summed E-state index contributed by atoms with van der Waals surface area (Å²) < 4.78 is 7.00. The normalized spacial score (nSPS) is 26.7. The summed E-state index contributed by atoms with van der Waals surface area (Å²) in [5.74, 6) is 0. The number of aliphatic hydroxyl groups is 1. The van der Waals surface area contributed by atoms with Gasteiger partial charge in [0.25, 0.3) is 0 Å². The number of aryl methyl sites for hydroxylation is 1. The molecule has 0 aromatic carbocycles. The van der Waals surface area contributed by atoms with E-state index < -0.39 is 5.60 Å². The maximum atomic E-state index is 11.0. The maximum absolute atomic E-state index is 11.0. The minimum absolute atomic E-state index is 0.0773. The highest BCUT2D eigenvalue weighted by Gasteiger charge is 2.50. The van der Waals surface area contributed by atoms with Gasteiger partial charge in [-0.15, -0.1) is 0 Å². The van der Waals surface area contributed by atoms with Crippen molar-refractivity contribution in [2.45, 2.75) is 51.7 Å². The van der Waals surface area contributed by atoms with E-state index in [2.05, 4.69) is 18.9 Å². The highest BCUT2D eigenvalue weighted by molar-refractivity contribution is 5.18. The van der Waals surface area contributed by atoms with Gasteiger partial charge < -0.3 is 9.84 Å². The molecule has 1 N–H and O–H groups in total. The summed E-state index contributed by atoms with van der Waals surface area (Å²) in [5.41, 5.74) is 0.143. The summed E-state index contributed by atoms with van der Waals surface area (Å²) in [6.07, 6.45) is 5.67. The predicted molar refractivity (Wildman–Crippen MR) is 70.2 cm³/mol. The summed E-state index contributed by atoms with van der Waals surface area (Å²) in [7, 11) is 1.71. The summed E-state index contributed by atoms with van der Waals surface area (Å²) in [6.45, 7) is 5.81. The molecule has 0 amide bonds. The molecule has 0 radical (unpaired) electrons. The Labute approximate surface area is 109 Å². The van der Waals surface area contributed by atoms with Gasteiger partial charge >= 0.3 is 0 Å². The number of methoxy groups -OCH3 is 1. The zero-order valence-electron chi connectivity index (χ0n) is 11.6. The standard InChI is InChI=1S/C14H24N2O2/c1-13(2)7-4-8-14(13,17)12-6-9-15-16(12)10-5-11-18-3/h6,9,17H,4-5,7-8,10-11H2,1-3H3. The second kappa shape index (κ2) is 5.02. The zero-order valence-corrected chi connectivity index (χ0v) is 11.6. The molecule has 4 heteroatoms. The predicted octanol–water partition coefficient (Wildman–Crippen LogP) is 2.32. The summed E-state index contributed by atoms with van der Waals surface area (Å²) in [4.78, 5) is 0. The van der Waals surface area contributed by atoms with Crippen LogP contribution in [0.3, 0.4) is 0 Å². The van der Waals surface area contributed by atoms with Crippen molar-refractivity contribution in [2.24, 2.45) is 5.41 Å². The summed E-state index contributed by atoms with van der Waals surface area (Å²) in [6, 6.07) is 1.96. The third kappa shape index (κ3) is 2.19. The fraction of sp³-hybridized carbons (Fsp3) is 0.786. The van der Waals surface area contributed by atoms with Crippen molar-refractivity contribution in [3.8, 4) is 0 Å². The third-order valence-electron chi connectivity index (χ3n) is 4.32. The van der Waals surface area contributed by atoms with Crippen molar-refractivity contribution in [1.82, 2.24) is 9.78 Å². The average Bonchev–Trinajstić information content (AvgIpc) is 2.86. The van der Waals surface area contributed by atoms with Crippen molar-refractivity contribution >= 4 is 0 Å². The Morgan fingerprint density at radius 2 is 2.22 bits per heavy atom. The van der Waals surface area contributed by atoms with Crippen LogP contribution in [0.5, 0.6) is 0 Å². The maximum Gasteiger partial charge on any atom is 0.111 e. The van der Waals surface area contributed by atoms with Crippen LogP contribution in [-0.4, -0.2) is 28.6 Å². The molecule has 1 unspecified atom stereocenters. The summed E-state index contributed by atoms with van der Waals surface area (Å²) >= 11 is 0. The Balaban J connectivity index is 2.20. The van der Waals surface area contributed by atoms with Gasteiger partial charge in [0, 0.05) is 26.5 Å². The molecule has 1 aromatic heterocycles. The first kappa shape index (κ1) is 13.6. The topological polar surface area (TPSA) is 47.3 Å². The molecule has 1 atom stereocenters. The van der Waals surface area contributed by atoms with E-state index in [1.807, 2.05) is 10.7 Å². The van der Waals surface area contributed by atoms with E-state index in [0.717, 1.165) is 44.5 Å². The van der Waals surface area contributed by atoms with E-state index in [1.165, 1.54) is 0 Å². The third-order valence-corrected chi connectivity index (χ3v) is 4.32. The first-order valence-electron chi connectivity index (χ1n) is 6.75. The Morgan fingerprint density at radius 3 is 2.83 bits per heavy atom. The Hall–Kier alpha value is -0.870. The van der Waals surface area contributed by atoms with Gasteiger partial charge in [-0.05, 0) is 37.2 Å². The van der Waals surface area contributed by atoms with Gasteiger partial charge in [0.05, 0.1) is 5.69 Å². The number of ether oxygens (including phenoxy) is 1. The molecule has 0 saturated heterocycles. The van der Waals surface area contributed by atoms with Crippen molar-refractivity contribution in [1.29, 1.82) is 0 Å². The van der Waals surface area contributed by atoms with Crippen LogP contribution >= 0.6 is 0 Å². The van der Waals surface area contributed by atoms with Gasteiger partial charge in [0.15, 0.2) is 0 Å². The van der Waals surface area contributed by atoms with Crippen LogP contribution < -0.4 is 0 Å². The average molecular weight is 252 g/mol. The van der Waals surface area contributed by atoms with Gasteiger partial charge in [-0.2, -0.15) is 5.10 Å². The first-order chi connectivity index (χ1) is 8.51. The summed E-state index contributed by atoms with van der Waals surface area (Å²) in [5, 5.41) is 15.4. The molecule has 1 aliphatic carbocycles. The van der Waals surface area contributed by atoms with E-state index in [0.29, 0.717) is 0 Å². The molecule has 0 bridgehead atoms. The van der Waals surface area contributed by atoms with Gasteiger partial charge in [-0.25, -0.2) is 0 Å². The van der Waals surface area contributed by atoms with Crippen LogP contribution in [0.25, 0.3) is 0 Å². The SMILES string of the molecule is COCCCn1nccc1C1(O)CCCC1(C)C. The van der Waals surface area contributed by atoms with Gasteiger partial charge in [-0.1, -0.05) is 13.8 Å². The van der Waals surface area contributed by atoms with Gasteiger partial charge in [-0.3, -0.25) is 4.68 Å². The highest BCUT2D eigenvalue weighted by atomic mass is 16.5. The van der Waals surface area contributed by atoms with E-state index in [-0.39, 0.29) is 5.41 Å². The zero-order chi connectivity index (χ0) is 13.2. The monoisotopic (exact) mass is 252 g/mol. The number of hydrogen-bond acceptors (Lipinski definition) is 3. The molecule has 0 spiro atoms. The van der Waals surface area contributed by atoms with E-state index in [1.54, 1.807) is 13.3 Å². The van der Waals surface area contributed by atoms with E-state index in [9.17, 15) is 5.11 Å². The largest absolute Gasteiger partial charge is 0.385 e. The van der Waals surface area contributed by atoms with E-state index in [4.69, 9.17) is 4.74 Å². The van der Waals surface area contributed by atoms with Gasteiger partial charge in [0.1, 0.15) is 5.60 Å². The lowest BCUT2D eigenvalue weighted by molar-refractivity contribution is -0.0559. The molecular weight excluding hydrogens is 228 g/mol. The molecule has 1 fully saturated rings. The van der Waals surface area contributed by atoms with Crippen molar-refractivity contribution in [3.05, 3.63) is 18.0 Å². The lowest BCUT2D eigenvalue weighted by atomic mass is 9.75. The lowest BCUT2D eigenvalue weighted by Gasteiger charge is -2.37. The van der Waals surface area contributed by atoms with Gasteiger partial charge in [0.2, 0.25) is 0 Å². The molecule has 18 heavy (non-hydrogen) atoms. The van der Waals surface area contributed by atoms with Crippen LogP contribution in [0.1, 0.15) is 45.2 Å². The molecule has 102 valence electrons. The van der Waals surface area contributed by atoms with Crippen LogP contribution in [0.15, 0.2) is 12.3 Å². The molecular formula is C14H24N2O2. The number of hydrogen-bond donors (Lipinski definition) is 1. The second-order valence-corrected chi connectivity index (χ2v) is 5.88. The molecule has 4 nitrogen and oxygen atoms in total. The number of aromatic nitrogens is 2. The van der Waals surface area contributed by atoms with Crippen LogP contribution in [0.4, 0.5) is 0 Å². The molecule has 1 aliphatic rings. The van der Waals surface area contributed by atoms with Crippen molar-refractivity contribution < 1.29 is 9.84 Å². The Morgan fingerprint density at radius 1 is 1.44 bits per heavy atom. The van der Waals surface area contributed by atoms with Crippen molar-refractivity contribution in [2.75, 3.05) is 13.7 Å². The number of rotatable bonds is 5. The smallest absolute Gasteiger partial charge is 0.111 e. The fourth-order valence-electron chi connectivity index (χ4n) is 3.03. The van der Waals surface area contributed by atoms with Crippen LogP contribution in [-0.2, 0) is 16.9 Å². The molecule has 1 saturated carbocycles. The van der Waals surface area contributed by atoms with Crippen molar-refractivity contribution in [3.63, 3.8) is 0 Å². The number of nitrogens with zero attached hydrogens (tertiary/aromatic N) is 2. The first-order valence-corrected chi connectivity index (χ1v) is 6.75. The van der Waals surface area contributed by atoms with Crippen LogP contribution in [0.2, 0.25) is 0 Å². The Bertz CT molecular complexity index is 400. The highest BCUT2D eigenvalue weighted by Crippen LogP contribution is 2.51. The molecule has 1 heterocycles. The minimum atomic E-state index is -0.740. The van der Waals surface area contributed by atoms with E-state index >= 15 is 0 Å².